The van der Waals surface area contributed by atoms with E-state index in [-0.39, 0.29) is 6.04 Å². The van der Waals surface area contributed by atoms with E-state index in [4.69, 9.17) is 9.73 Å². The molecule has 1 atom stereocenters. The van der Waals surface area contributed by atoms with Crippen LogP contribution in [-0.2, 0) is 11.2 Å². The van der Waals surface area contributed by atoms with Gasteiger partial charge in [0, 0.05) is 26.3 Å². The van der Waals surface area contributed by atoms with E-state index in [0.29, 0.717) is 0 Å². The molecule has 0 aromatic heterocycles. The molecule has 5 nitrogen and oxygen atoms in total. The highest BCUT2D eigenvalue weighted by Crippen LogP contribution is 2.19. The van der Waals surface area contributed by atoms with Crippen molar-refractivity contribution in [1.29, 1.82) is 0 Å². The van der Waals surface area contributed by atoms with Gasteiger partial charge in [-0.15, -0.1) is 0 Å². The molecule has 0 aliphatic rings. The van der Waals surface area contributed by atoms with Crippen LogP contribution in [0.1, 0.15) is 50.8 Å². The van der Waals surface area contributed by atoms with E-state index >= 15 is 0 Å². The zero-order valence-corrected chi connectivity index (χ0v) is 17.3. The largest absolute Gasteiger partial charge is 0.382 e. The van der Waals surface area contributed by atoms with Crippen molar-refractivity contribution in [3.63, 3.8) is 0 Å². The minimum absolute atomic E-state index is 0.273. The summed E-state index contributed by atoms with van der Waals surface area (Å²) in [5.41, 5.74) is 2.68. The van der Waals surface area contributed by atoms with E-state index in [1.165, 1.54) is 11.1 Å². The summed E-state index contributed by atoms with van der Waals surface area (Å²) < 4.78 is 5.38. The summed E-state index contributed by atoms with van der Waals surface area (Å²) in [6.07, 6.45) is 3.23. The summed E-state index contributed by atoms with van der Waals surface area (Å²) in [5.74, 6) is 0.890. The van der Waals surface area contributed by atoms with Crippen molar-refractivity contribution in [3.8, 4) is 0 Å². The van der Waals surface area contributed by atoms with Crippen molar-refractivity contribution in [1.82, 2.24) is 15.5 Å². The first kappa shape index (κ1) is 22.5. The van der Waals surface area contributed by atoms with Gasteiger partial charge in [0.15, 0.2) is 5.96 Å². The second kappa shape index (κ2) is 13.6. The Hall–Kier alpha value is -1.59. The van der Waals surface area contributed by atoms with E-state index in [1.807, 2.05) is 6.92 Å². The van der Waals surface area contributed by atoms with Crippen molar-refractivity contribution in [2.24, 2.45) is 4.99 Å². The number of nitrogens with one attached hydrogen (secondary N) is 2. The third kappa shape index (κ3) is 8.68. The summed E-state index contributed by atoms with van der Waals surface area (Å²) >= 11 is 0. The van der Waals surface area contributed by atoms with Crippen molar-refractivity contribution < 1.29 is 4.74 Å². The van der Waals surface area contributed by atoms with Crippen LogP contribution in [0.5, 0.6) is 0 Å². The van der Waals surface area contributed by atoms with Crippen LogP contribution in [0.4, 0.5) is 0 Å². The Bertz CT molecular complexity index is 499. The Kier molecular flexibility index (Phi) is 11.7. The SMILES string of the molecule is CCNC(=NCC(c1ccc(CC)cc1)N(C)C)NCCCCOCC. The molecule has 1 aromatic carbocycles. The molecule has 1 unspecified atom stereocenters. The van der Waals surface area contributed by atoms with Crippen LogP contribution < -0.4 is 10.6 Å². The molecule has 0 spiro atoms. The first-order valence-electron chi connectivity index (χ1n) is 9.97. The number of guanidine groups is 1. The molecule has 2 N–H and O–H groups in total. The van der Waals surface area contributed by atoms with Gasteiger partial charge in [-0.2, -0.15) is 0 Å². The summed E-state index contributed by atoms with van der Waals surface area (Å²) in [7, 11) is 4.23. The predicted molar refractivity (Wildman–Crippen MR) is 112 cm³/mol. The lowest BCUT2D eigenvalue weighted by Crippen LogP contribution is -2.38. The van der Waals surface area contributed by atoms with Crippen LogP contribution in [0.3, 0.4) is 0 Å². The first-order valence-corrected chi connectivity index (χ1v) is 9.97. The summed E-state index contributed by atoms with van der Waals surface area (Å²) in [5, 5.41) is 6.76. The molecule has 0 amide bonds. The zero-order chi connectivity index (χ0) is 19.2. The number of benzene rings is 1. The van der Waals surface area contributed by atoms with E-state index in [1.54, 1.807) is 0 Å². The molecule has 148 valence electrons. The number of aryl methyl sites for hydroxylation is 1. The number of hydrogen-bond acceptors (Lipinski definition) is 3. The van der Waals surface area contributed by atoms with Gasteiger partial charge < -0.3 is 20.3 Å². The average Bonchev–Trinajstić information content (AvgIpc) is 2.64. The van der Waals surface area contributed by atoms with Crippen LogP contribution in [0, 0.1) is 0 Å². The molecule has 0 saturated heterocycles. The van der Waals surface area contributed by atoms with Crippen LogP contribution in [0.15, 0.2) is 29.3 Å². The maximum absolute atomic E-state index is 5.38. The van der Waals surface area contributed by atoms with Gasteiger partial charge in [-0.25, -0.2) is 0 Å². The monoisotopic (exact) mass is 362 g/mol. The highest BCUT2D eigenvalue weighted by atomic mass is 16.5. The van der Waals surface area contributed by atoms with Crippen LogP contribution >= 0.6 is 0 Å². The quantitative estimate of drug-likeness (QED) is 0.340. The van der Waals surface area contributed by atoms with Gasteiger partial charge >= 0.3 is 0 Å². The molecule has 0 heterocycles. The maximum atomic E-state index is 5.38. The molecule has 0 aliphatic carbocycles. The third-order valence-electron chi connectivity index (χ3n) is 4.37. The van der Waals surface area contributed by atoms with E-state index in [9.17, 15) is 0 Å². The Labute approximate surface area is 160 Å². The minimum atomic E-state index is 0.273. The molecule has 1 aromatic rings. The zero-order valence-electron chi connectivity index (χ0n) is 17.3. The second-order valence-corrected chi connectivity index (χ2v) is 6.62. The standard InChI is InChI=1S/C21H38N4O/c1-6-18-11-13-19(14-12-18)20(25(4)5)17-24-21(22-7-2)23-15-9-10-16-26-8-3/h11-14,20H,6-10,15-17H2,1-5H3,(H2,22,23,24). The minimum Gasteiger partial charge on any atom is -0.382 e. The fourth-order valence-corrected chi connectivity index (χ4v) is 2.74. The molecular weight excluding hydrogens is 324 g/mol. The Morgan fingerprint density at radius 3 is 2.38 bits per heavy atom. The van der Waals surface area contributed by atoms with Gasteiger partial charge in [0.2, 0.25) is 0 Å². The normalized spacial score (nSPS) is 13.1. The molecule has 0 aliphatic heterocycles. The summed E-state index contributed by atoms with van der Waals surface area (Å²) in [4.78, 5) is 7.04. The lowest BCUT2D eigenvalue weighted by molar-refractivity contribution is 0.143. The van der Waals surface area contributed by atoms with Gasteiger partial charge in [0.1, 0.15) is 0 Å². The summed E-state index contributed by atoms with van der Waals surface area (Å²) in [6.45, 7) is 10.5. The van der Waals surface area contributed by atoms with Crippen molar-refractivity contribution in [3.05, 3.63) is 35.4 Å². The van der Waals surface area contributed by atoms with E-state index in [2.05, 4.69) is 67.7 Å². The maximum Gasteiger partial charge on any atom is 0.191 e. The fourth-order valence-electron chi connectivity index (χ4n) is 2.74. The van der Waals surface area contributed by atoms with Gasteiger partial charge in [-0.1, -0.05) is 31.2 Å². The molecule has 0 fully saturated rings. The lowest BCUT2D eigenvalue weighted by atomic mass is 10.0. The molecule has 26 heavy (non-hydrogen) atoms. The predicted octanol–water partition coefficient (Wildman–Crippen LogP) is 3.22. The highest BCUT2D eigenvalue weighted by Gasteiger charge is 2.14. The third-order valence-corrected chi connectivity index (χ3v) is 4.37. The lowest BCUT2D eigenvalue weighted by Gasteiger charge is -2.24. The molecule has 1 rings (SSSR count). The number of ether oxygens (including phenoxy) is 1. The smallest absolute Gasteiger partial charge is 0.191 e. The number of aliphatic imine (C=N–C) groups is 1. The number of unbranched alkanes of at least 4 members (excludes halogenated alkanes) is 1. The van der Waals surface area contributed by atoms with Gasteiger partial charge in [-0.05, 0) is 58.3 Å². The number of rotatable bonds is 12. The van der Waals surface area contributed by atoms with Gasteiger partial charge in [0.05, 0.1) is 12.6 Å². The summed E-state index contributed by atoms with van der Waals surface area (Å²) in [6, 6.07) is 9.17. The molecule has 0 saturated carbocycles. The van der Waals surface area contributed by atoms with Crippen molar-refractivity contribution in [2.45, 2.75) is 46.1 Å². The van der Waals surface area contributed by atoms with E-state index < -0.39 is 0 Å². The van der Waals surface area contributed by atoms with E-state index in [0.717, 1.165) is 58.1 Å². The van der Waals surface area contributed by atoms with Gasteiger partial charge in [-0.3, -0.25) is 4.99 Å². The second-order valence-electron chi connectivity index (χ2n) is 6.62. The Morgan fingerprint density at radius 2 is 1.81 bits per heavy atom. The molecule has 0 bridgehead atoms. The first-order chi connectivity index (χ1) is 12.6. The molecule has 0 radical (unpaired) electrons. The number of nitrogens with zero attached hydrogens (tertiary/aromatic N) is 2. The van der Waals surface area contributed by atoms with Crippen molar-refractivity contribution >= 4 is 5.96 Å². The number of hydrogen-bond donors (Lipinski definition) is 2. The van der Waals surface area contributed by atoms with Gasteiger partial charge in [0.25, 0.3) is 0 Å². The van der Waals surface area contributed by atoms with Crippen LogP contribution in [-0.4, -0.2) is 57.8 Å². The molecule has 5 heteroatoms. The van der Waals surface area contributed by atoms with Crippen LogP contribution in [0.25, 0.3) is 0 Å². The topological polar surface area (TPSA) is 48.9 Å². The number of likely N-dealkylation sites (N-methyl/N-ethyl adjacent to an activating group) is 1. The highest BCUT2D eigenvalue weighted by molar-refractivity contribution is 5.79. The average molecular weight is 363 g/mol. The fraction of sp³-hybridized carbons (Fsp3) is 0.667. The Morgan fingerprint density at radius 1 is 1.08 bits per heavy atom. The van der Waals surface area contributed by atoms with Crippen molar-refractivity contribution in [2.75, 3.05) is 46.9 Å². The molecular formula is C21H38N4O. The van der Waals surface area contributed by atoms with Crippen LogP contribution in [0.2, 0.25) is 0 Å². The Balaban J connectivity index is 2.61.